The Labute approximate surface area is 89.7 Å². The van der Waals surface area contributed by atoms with Gasteiger partial charge in [-0.15, -0.1) is 0 Å². The second kappa shape index (κ2) is 4.31. The highest BCUT2D eigenvalue weighted by Gasteiger charge is 2.37. The number of aryl methyl sites for hydroxylation is 1. The molecule has 15 heavy (non-hydrogen) atoms. The van der Waals surface area contributed by atoms with Gasteiger partial charge in [0.05, 0.1) is 0 Å². The second-order valence-electron chi connectivity index (χ2n) is 4.16. The van der Waals surface area contributed by atoms with Crippen molar-refractivity contribution < 1.29 is 4.39 Å². The number of halogens is 1. The Hall–Kier alpha value is -0.900. The van der Waals surface area contributed by atoms with E-state index in [-0.39, 0.29) is 0 Å². The molecule has 0 aliphatic carbocycles. The molecule has 1 N–H and O–H groups in total. The SMILES string of the molecule is CCCn1ccnc1C1(F)CCNCC1. The van der Waals surface area contributed by atoms with Crippen LogP contribution in [0.4, 0.5) is 4.39 Å². The Kier molecular flexibility index (Phi) is 3.05. The number of hydrogen-bond donors (Lipinski definition) is 1. The summed E-state index contributed by atoms with van der Waals surface area (Å²) in [5.41, 5.74) is -1.22. The number of piperidine rings is 1. The van der Waals surface area contributed by atoms with Gasteiger partial charge in [0.25, 0.3) is 0 Å². The monoisotopic (exact) mass is 211 g/mol. The fourth-order valence-corrected chi connectivity index (χ4v) is 2.17. The lowest BCUT2D eigenvalue weighted by molar-refractivity contribution is 0.0992. The van der Waals surface area contributed by atoms with Crippen molar-refractivity contribution in [3.8, 4) is 0 Å². The van der Waals surface area contributed by atoms with Crippen molar-refractivity contribution in [1.29, 1.82) is 0 Å². The lowest BCUT2D eigenvalue weighted by Gasteiger charge is -2.29. The van der Waals surface area contributed by atoms with Crippen LogP contribution in [0.2, 0.25) is 0 Å². The van der Waals surface area contributed by atoms with E-state index in [1.165, 1.54) is 0 Å². The lowest BCUT2D eigenvalue weighted by atomic mass is 9.93. The summed E-state index contributed by atoms with van der Waals surface area (Å²) in [5.74, 6) is 0.617. The number of aromatic nitrogens is 2. The Bertz CT molecular complexity index is 315. The Morgan fingerprint density at radius 2 is 2.27 bits per heavy atom. The lowest BCUT2D eigenvalue weighted by Crippen LogP contribution is -2.38. The predicted octanol–water partition coefficient (Wildman–Crippen LogP) is 1.84. The first-order valence-corrected chi connectivity index (χ1v) is 5.67. The number of nitrogens with one attached hydrogen (secondary N) is 1. The summed E-state index contributed by atoms with van der Waals surface area (Å²) in [7, 11) is 0. The number of hydrogen-bond acceptors (Lipinski definition) is 2. The van der Waals surface area contributed by atoms with Crippen LogP contribution in [-0.2, 0) is 12.2 Å². The zero-order chi connectivity index (χ0) is 10.7. The molecule has 1 aliphatic heterocycles. The highest BCUT2D eigenvalue weighted by molar-refractivity contribution is 5.07. The molecule has 0 unspecified atom stereocenters. The van der Waals surface area contributed by atoms with E-state index in [0.717, 1.165) is 26.1 Å². The maximum absolute atomic E-state index is 14.6. The molecular weight excluding hydrogens is 193 g/mol. The molecular formula is C11H18FN3. The van der Waals surface area contributed by atoms with E-state index in [0.29, 0.717) is 18.7 Å². The minimum Gasteiger partial charge on any atom is -0.332 e. The van der Waals surface area contributed by atoms with Gasteiger partial charge in [-0.05, 0) is 19.5 Å². The Balaban J connectivity index is 2.22. The molecule has 0 saturated carbocycles. The van der Waals surface area contributed by atoms with Gasteiger partial charge < -0.3 is 9.88 Å². The molecule has 2 rings (SSSR count). The molecule has 0 atom stereocenters. The molecule has 0 aromatic carbocycles. The van der Waals surface area contributed by atoms with Crippen LogP contribution in [-0.4, -0.2) is 22.6 Å². The fourth-order valence-electron chi connectivity index (χ4n) is 2.17. The van der Waals surface area contributed by atoms with E-state index in [1.807, 2.05) is 10.8 Å². The van der Waals surface area contributed by atoms with Crippen molar-refractivity contribution in [3.05, 3.63) is 18.2 Å². The van der Waals surface area contributed by atoms with Crippen LogP contribution in [0.1, 0.15) is 32.0 Å². The maximum Gasteiger partial charge on any atom is 0.170 e. The van der Waals surface area contributed by atoms with Crippen molar-refractivity contribution in [1.82, 2.24) is 14.9 Å². The minimum atomic E-state index is -1.22. The summed E-state index contributed by atoms with van der Waals surface area (Å²) < 4.78 is 16.5. The molecule has 0 bridgehead atoms. The van der Waals surface area contributed by atoms with Gasteiger partial charge in [-0.3, -0.25) is 0 Å². The average molecular weight is 211 g/mol. The first-order valence-electron chi connectivity index (χ1n) is 5.67. The number of imidazole rings is 1. The third kappa shape index (κ3) is 2.04. The fraction of sp³-hybridized carbons (Fsp3) is 0.727. The van der Waals surface area contributed by atoms with Gasteiger partial charge in [0.15, 0.2) is 5.67 Å². The maximum atomic E-state index is 14.6. The largest absolute Gasteiger partial charge is 0.332 e. The average Bonchev–Trinajstić information content (AvgIpc) is 2.68. The van der Waals surface area contributed by atoms with Gasteiger partial charge in [0.2, 0.25) is 0 Å². The highest BCUT2D eigenvalue weighted by atomic mass is 19.1. The number of nitrogens with zero attached hydrogens (tertiary/aromatic N) is 2. The molecule has 0 amide bonds. The smallest absolute Gasteiger partial charge is 0.170 e. The van der Waals surface area contributed by atoms with Crippen molar-refractivity contribution >= 4 is 0 Å². The summed E-state index contributed by atoms with van der Waals surface area (Å²) in [6.45, 7) is 4.44. The van der Waals surface area contributed by atoms with Crippen LogP contribution in [0, 0.1) is 0 Å². The van der Waals surface area contributed by atoms with Gasteiger partial charge >= 0.3 is 0 Å². The molecule has 1 saturated heterocycles. The van der Waals surface area contributed by atoms with Gasteiger partial charge in [-0.2, -0.15) is 0 Å². The molecule has 0 radical (unpaired) electrons. The summed E-state index contributed by atoms with van der Waals surface area (Å²) >= 11 is 0. The van der Waals surface area contributed by atoms with Crippen LogP contribution in [0.5, 0.6) is 0 Å². The molecule has 2 heterocycles. The van der Waals surface area contributed by atoms with Crippen LogP contribution in [0.15, 0.2) is 12.4 Å². The molecule has 84 valence electrons. The molecule has 4 heteroatoms. The Morgan fingerprint density at radius 1 is 1.53 bits per heavy atom. The van der Waals surface area contributed by atoms with E-state index >= 15 is 0 Å². The van der Waals surface area contributed by atoms with E-state index in [1.54, 1.807) is 6.20 Å². The van der Waals surface area contributed by atoms with E-state index < -0.39 is 5.67 Å². The van der Waals surface area contributed by atoms with Gasteiger partial charge in [-0.25, -0.2) is 9.37 Å². The van der Waals surface area contributed by atoms with Crippen molar-refractivity contribution in [3.63, 3.8) is 0 Å². The van der Waals surface area contributed by atoms with Crippen molar-refractivity contribution in [2.45, 2.75) is 38.4 Å². The highest BCUT2D eigenvalue weighted by Crippen LogP contribution is 2.33. The first-order chi connectivity index (χ1) is 7.26. The summed E-state index contributed by atoms with van der Waals surface area (Å²) in [6.07, 6.45) is 5.66. The van der Waals surface area contributed by atoms with Crippen LogP contribution in [0.3, 0.4) is 0 Å². The molecule has 3 nitrogen and oxygen atoms in total. The summed E-state index contributed by atoms with van der Waals surface area (Å²) in [5, 5.41) is 3.18. The molecule has 1 aromatic heterocycles. The predicted molar refractivity (Wildman–Crippen MR) is 57.4 cm³/mol. The summed E-state index contributed by atoms with van der Waals surface area (Å²) in [6, 6.07) is 0. The zero-order valence-corrected chi connectivity index (χ0v) is 9.17. The van der Waals surface area contributed by atoms with Crippen molar-refractivity contribution in [2.75, 3.05) is 13.1 Å². The van der Waals surface area contributed by atoms with E-state index in [9.17, 15) is 4.39 Å². The van der Waals surface area contributed by atoms with Crippen LogP contribution < -0.4 is 5.32 Å². The first kappa shape index (κ1) is 10.6. The standard InChI is InChI=1S/C11H18FN3/c1-2-8-15-9-7-14-10(15)11(12)3-5-13-6-4-11/h7,9,13H,2-6,8H2,1H3. The van der Waals surface area contributed by atoms with Crippen LogP contribution >= 0.6 is 0 Å². The zero-order valence-electron chi connectivity index (χ0n) is 9.17. The molecule has 0 spiro atoms. The van der Waals surface area contributed by atoms with Crippen LogP contribution in [0.25, 0.3) is 0 Å². The van der Waals surface area contributed by atoms with E-state index in [4.69, 9.17) is 0 Å². The quantitative estimate of drug-likeness (QED) is 0.826. The van der Waals surface area contributed by atoms with Gasteiger partial charge in [0.1, 0.15) is 5.82 Å². The van der Waals surface area contributed by atoms with Crippen molar-refractivity contribution in [2.24, 2.45) is 0 Å². The summed E-state index contributed by atoms with van der Waals surface area (Å²) in [4.78, 5) is 4.19. The number of alkyl halides is 1. The normalized spacial score (nSPS) is 20.4. The van der Waals surface area contributed by atoms with Gasteiger partial charge in [-0.1, -0.05) is 6.92 Å². The Morgan fingerprint density at radius 3 is 2.93 bits per heavy atom. The van der Waals surface area contributed by atoms with E-state index in [2.05, 4.69) is 17.2 Å². The second-order valence-corrected chi connectivity index (χ2v) is 4.16. The minimum absolute atomic E-state index is 0.535. The van der Waals surface area contributed by atoms with Gasteiger partial charge in [0, 0.05) is 31.8 Å². The third-order valence-corrected chi connectivity index (χ3v) is 2.98. The molecule has 1 fully saturated rings. The topological polar surface area (TPSA) is 29.9 Å². The third-order valence-electron chi connectivity index (χ3n) is 2.98. The number of rotatable bonds is 3. The molecule has 1 aromatic rings. The molecule has 1 aliphatic rings.